The minimum Gasteiger partial charge on any atom is -0.476 e. The summed E-state index contributed by atoms with van der Waals surface area (Å²) in [7, 11) is 0. The van der Waals surface area contributed by atoms with Crippen LogP contribution in [0.5, 0.6) is 0 Å². The van der Waals surface area contributed by atoms with E-state index in [1.807, 2.05) is 6.92 Å². The van der Waals surface area contributed by atoms with Crippen molar-refractivity contribution in [2.75, 3.05) is 6.54 Å². The average Bonchev–Trinajstić information content (AvgIpc) is 2.76. The van der Waals surface area contributed by atoms with Gasteiger partial charge in [-0.25, -0.2) is 9.78 Å². The lowest BCUT2D eigenvalue weighted by Crippen LogP contribution is -2.40. The molecule has 1 aromatic heterocycles. The van der Waals surface area contributed by atoms with Crippen molar-refractivity contribution in [1.82, 2.24) is 10.3 Å². The number of carbonyl (C=O) groups excluding carboxylic acids is 1. The number of aromatic carboxylic acids is 1. The van der Waals surface area contributed by atoms with Crippen molar-refractivity contribution in [3.05, 3.63) is 16.1 Å². The van der Waals surface area contributed by atoms with E-state index in [2.05, 4.69) is 10.3 Å². The first-order chi connectivity index (χ1) is 8.04. The van der Waals surface area contributed by atoms with Gasteiger partial charge in [0, 0.05) is 18.3 Å². The number of hydrogen-bond donors (Lipinski definition) is 3. The van der Waals surface area contributed by atoms with E-state index in [0.717, 1.165) is 0 Å². The maximum atomic E-state index is 11.3. The molecule has 1 amide bonds. The van der Waals surface area contributed by atoms with E-state index < -0.39 is 12.0 Å². The summed E-state index contributed by atoms with van der Waals surface area (Å²) in [5.41, 5.74) is 5.58. The fraction of sp³-hybridized carbons (Fsp3) is 0.500. The molecule has 1 atom stereocenters. The Morgan fingerprint density at radius 2 is 2.35 bits per heavy atom. The van der Waals surface area contributed by atoms with Crippen molar-refractivity contribution < 1.29 is 14.7 Å². The van der Waals surface area contributed by atoms with Gasteiger partial charge in [0.25, 0.3) is 0 Å². The maximum absolute atomic E-state index is 11.3. The summed E-state index contributed by atoms with van der Waals surface area (Å²) < 4.78 is 0. The highest BCUT2D eigenvalue weighted by molar-refractivity contribution is 7.09. The molecule has 1 rings (SSSR count). The minimum absolute atomic E-state index is 0.0431. The summed E-state index contributed by atoms with van der Waals surface area (Å²) in [5.74, 6) is -1.23. The van der Waals surface area contributed by atoms with Crippen molar-refractivity contribution in [2.45, 2.75) is 25.8 Å². The number of thiazole rings is 1. The molecule has 0 bridgehead atoms. The van der Waals surface area contributed by atoms with Crippen molar-refractivity contribution in [2.24, 2.45) is 5.73 Å². The van der Waals surface area contributed by atoms with Gasteiger partial charge in [-0.1, -0.05) is 6.92 Å². The summed E-state index contributed by atoms with van der Waals surface area (Å²) in [4.78, 5) is 25.8. The summed E-state index contributed by atoms with van der Waals surface area (Å²) in [6.07, 6.45) is 1.10. The Hall–Kier alpha value is -1.47. The van der Waals surface area contributed by atoms with Gasteiger partial charge in [0.15, 0.2) is 5.69 Å². The highest BCUT2D eigenvalue weighted by Gasteiger charge is 2.11. The molecule has 6 nitrogen and oxygen atoms in total. The number of carbonyl (C=O) groups is 2. The summed E-state index contributed by atoms with van der Waals surface area (Å²) >= 11 is 1.27. The van der Waals surface area contributed by atoms with Crippen molar-refractivity contribution in [3.8, 4) is 0 Å². The third-order valence-electron chi connectivity index (χ3n) is 2.19. The monoisotopic (exact) mass is 257 g/mol. The van der Waals surface area contributed by atoms with Gasteiger partial charge in [-0.15, -0.1) is 11.3 Å². The van der Waals surface area contributed by atoms with Gasteiger partial charge in [0.05, 0.1) is 11.0 Å². The lowest BCUT2D eigenvalue weighted by molar-refractivity contribution is -0.122. The molecular formula is C10H15N3O3S. The zero-order chi connectivity index (χ0) is 12.8. The largest absolute Gasteiger partial charge is 0.476 e. The van der Waals surface area contributed by atoms with Crippen LogP contribution in [0, 0.1) is 0 Å². The SMILES string of the molecule is CC[C@@H](N)C(=O)NCCc1nc(C(=O)O)cs1. The molecule has 0 spiro atoms. The Morgan fingerprint density at radius 3 is 2.88 bits per heavy atom. The Bertz CT molecular complexity index is 405. The molecule has 0 fully saturated rings. The molecule has 0 radical (unpaired) electrons. The van der Waals surface area contributed by atoms with Gasteiger partial charge in [0.2, 0.25) is 5.91 Å². The minimum atomic E-state index is -1.04. The van der Waals surface area contributed by atoms with Gasteiger partial charge in [0.1, 0.15) is 0 Å². The number of rotatable bonds is 6. The fourth-order valence-electron chi connectivity index (χ4n) is 1.13. The molecule has 0 aliphatic carbocycles. The second-order valence-electron chi connectivity index (χ2n) is 3.49. The molecule has 17 heavy (non-hydrogen) atoms. The molecule has 0 unspecified atom stereocenters. The predicted octanol–water partition coefficient (Wildman–Crippen LogP) is 0.237. The first-order valence-corrected chi connectivity index (χ1v) is 6.13. The highest BCUT2D eigenvalue weighted by atomic mass is 32.1. The van der Waals surface area contributed by atoms with Gasteiger partial charge in [-0.05, 0) is 6.42 Å². The van der Waals surface area contributed by atoms with E-state index in [1.165, 1.54) is 16.7 Å². The van der Waals surface area contributed by atoms with E-state index in [1.54, 1.807) is 0 Å². The van der Waals surface area contributed by atoms with E-state index in [9.17, 15) is 9.59 Å². The number of carboxylic acids is 1. The number of nitrogens with one attached hydrogen (secondary N) is 1. The van der Waals surface area contributed by atoms with Crippen LogP contribution in [-0.4, -0.2) is 34.6 Å². The first kappa shape index (κ1) is 13.6. The van der Waals surface area contributed by atoms with Crippen LogP contribution in [0.2, 0.25) is 0 Å². The zero-order valence-electron chi connectivity index (χ0n) is 9.47. The maximum Gasteiger partial charge on any atom is 0.355 e. The molecule has 0 aromatic carbocycles. The van der Waals surface area contributed by atoms with Crippen molar-refractivity contribution in [3.63, 3.8) is 0 Å². The summed E-state index contributed by atoms with van der Waals surface area (Å²) in [5, 5.41) is 13.5. The molecule has 1 heterocycles. The number of carboxylic acid groups (broad SMARTS) is 1. The molecular weight excluding hydrogens is 242 g/mol. The van der Waals surface area contributed by atoms with Gasteiger partial charge < -0.3 is 16.2 Å². The summed E-state index contributed by atoms with van der Waals surface area (Å²) in [6.45, 7) is 2.25. The molecule has 1 aromatic rings. The van der Waals surface area contributed by atoms with Crippen molar-refractivity contribution >= 4 is 23.2 Å². The van der Waals surface area contributed by atoms with Gasteiger partial charge >= 0.3 is 5.97 Å². The third-order valence-corrected chi connectivity index (χ3v) is 3.09. The fourth-order valence-corrected chi connectivity index (χ4v) is 1.91. The van der Waals surface area contributed by atoms with Crippen LogP contribution in [0.3, 0.4) is 0 Å². The number of amides is 1. The molecule has 0 saturated heterocycles. The standard InChI is InChI=1S/C10H15N3O3S/c1-2-6(11)9(14)12-4-3-8-13-7(5-17-8)10(15)16/h5-6H,2-4,11H2,1H3,(H,12,14)(H,15,16)/t6-/m1/s1. The average molecular weight is 257 g/mol. The summed E-state index contributed by atoms with van der Waals surface area (Å²) in [6, 6.07) is -0.485. The van der Waals surface area contributed by atoms with Crippen molar-refractivity contribution in [1.29, 1.82) is 0 Å². The number of nitrogens with zero attached hydrogens (tertiary/aromatic N) is 1. The Morgan fingerprint density at radius 1 is 1.65 bits per heavy atom. The Kier molecular flexibility index (Phi) is 5.05. The second-order valence-corrected chi connectivity index (χ2v) is 4.43. The number of aromatic nitrogens is 1. The molecule has 94 valence electrons. The van der Waals surface area contributed by atoms with E-state index >= 15 is 0 Å². The molecule has 0 aliphatic heterocycles. The molecule has 7 heteroatoms. The third kappa shape index (κ3) is 4.12. The topological polar surface area (TPSA) is 105 Å². The van der Waals surface area contributed by atoms with Crippen LogP contribution in [-0.2, 0) is 11.2 Å². The lowest BCUT2D eigenvalue weighted by Gasteiger charge is -2.08. The van der Waals surface area contributed by atoms with E-state index in [0.29, 0.717) is 24.4 Å². The molecule has 0 aliphatic rings. The molecule has 0 saturated carbocycles. The number of hydrogen-bond acceptors (Lipinski definition) is 5. The smallest absolute Gasteiger partial charge is 0.355 e. The Labute approximate surface area is 103 Å². The number of nitrogens with two attached hydrogens (primary N) is 1. The quantitative estimate of drug-likeness (QED) is 0.677. The van der Waals surface area contributed by atoms with E-state index in [4.69, 9.17) is 10.8 Å². The Balaban J connectivity index is 2.35. The molecule has 4 N–H and O–H groups in total. The van der Waals surface area contributed by atoms with Gasteiger partial charge in [-0.3, -0.25) is 4.79 Å². The van der Waals surface area contributed by atoms with Crippen LogP contribution in [0.1, 0.15) is 28.8 Å². The van der Waals surface area contributed by atoms with Crippen LogP contribution < -0.4 is 11.1 Å². The van der Waals surface area contributed by atoms with Crippen LogP contribution in [0.4, 0.5) is 0 Å². The van der Waals surface area contributed by atoms with E-state index in [-0.39, 0.29) is 11.6 Å². The van der Waals surface area contributed by atoms with Crippen LogP contribution in [0.15, 0.2) is 5.38 Å². The first-order valence-electron chi connectivity index (χ1n) is 5.25. The lowest BCUT2D eigenvalue weighted by atomic mass is 10.2. The highest BCUT2D eigenvalue weighted by Crippen LogP contribution is 2.09. The van der Waals surface area contributed by atoms with Crippen LogP contribution in [0.25, 0.3) is 0 Å². The second kappa shape index (κ2) is 6.31. The van der Waals surface area contributed by atoms with Gasteiger partial charge in [-0.2, -0.15) is 0 Å². The predicted molar refractivity (Wildman–Crippen MR) is 64.1 cm³/mol. The zero-order valence-corrected chi connectivity index (χ0v) is 10.3. The van der Waals surface area contributed by atoms with Crippen LogP contribution >= 0.6 is 11.3 Å². The normalized spacial score (nSPS) is 12.1.